The van der Waals surface area contributed by atoms with Gasteiger partial charge in [0.25, 0.3) is 0 Å². The van der Waals surface area contributed by atoms with Gasteiger partial charge < -0.3 is 5.32 Å². The van der Waals surface area contributed by atoms with E-state index in [9.17, 15) is 0 Å². The highest BCUT2D eigenvalue weighted by atomic mass is 35.5. The highest BCUT2D eigenvalue weighted by molar-refractivity contribution is 6.30. The van der Waals surface area contributed by atoms with Gasteiger partial charge in [0.2, 0.25) is 0 Å². The summed E-state index contributed by atoms with van der Waals surface area (Å²) in [6.45, 7) is 1.76. The van der Waals surface area contributed by atoms with E-state index in [1.54, 1.807) is 0 Å². The number of halogens is 1. The largest absolute Gasteiger partial charge is 0.311 e. The molecule has 0 unspecified atom stereocenters. The van der Waals surface area contributed by atoms with E-state index >= 15 is 0 Å². The number of pyridine rings is 1. The summed E-state index contributed by atoms with van der Waals surface area (Å²) in [5.41, 5.74) is 3.79. The van der Waals surface area contributed by atoms with Crippen molar-refractivity contribution in [3.63, 3.8) is 0 Å². The molecule has 0 amide bonds. The van der Waals surface area contributed by atoms with Crippen LogP contribution in [0.1, 0.15) is 29.2 Å². The molecule has 0 saturated heterocycles. The Kier molecular flexibility index (Phi) is 6.61. The summed E-state index contributed by atoms with van der Waals surface area (Å²) in [5, 5.41) is 4.30. The topological polar surface area (TPSA) is 24.9 Å². The van der Waals surface area contributed by atoms with E-state index in [4.69, 9.17) is 11.6 Å². The number of benzene rings is 2. The Bertz CT molecular complexity index is 742. The maximum absolute atomic E-state index is 6.05. The summed E-state index contributed by atoms with van der Waals surface area (Å²) < 4.78 is 0. The first kappa shape index (κ1) is 17.7. The molecule has 25 heavy (non-hydrogen) atoms. The first-order valence-corrected chi connectivity index (χ1v) is 9.09. The number of aromatic nitrogens is 1. The predicted octanol–water partition coefficient (Wildman–Crippen LogP) is 5.24. The standard InChI is InChI=1S/C22H23ClN2/c23-21-11-9-19(10-12-21)20(16-18-6-2-1-3-7-18)13-15-24-17-22-8-4-5-14-25-22/h1-12,14,20,24H,13,15-17H2/t20-/m0/s1. The minimum Gasteiger partial charge on any atom is -0.311 e. The lowest BCUT2D eigenvalue weighted by atomic mass is 9.89. The second-order valence-corrected chi connectivity index (χ2v) is 6.66. The molecule has 0 saturated carbocycles. The SMILES string of the molecule is Clc1ccc([C@@H](CCNCc2ccccn2)Cc2ccccc2)cc1. The molecule has 0 aliphatic heterocycles. The Balaban J connectivity index is 1.60. The fraction of sp³-hybridized carbons (Fsp3) is 0.227. The van der Waals surface area contributed by atoms with Crippen molar-refractivity contribution >= 4 is 11.6 Å². The van der Waals surface area contributed by atoms with Crippen molar-refractivity contribution < 1.29 is 0 Å². The molecule has 0 bridgehead atoms. The lowest BCUT2D eigenvalue weighted by Gasteiger charge is -2.18. The molecule has 2 nitrogen and oxygen atoms in total. The van der Waals surface area contributed by atoms with E-state index < -0.39 is 0 Å². The second kappa shape index (κ2) is 9.36. The van der Waals surface area contributed by atoms with Crippen LogP contribution < -0.4 is 5.32 Å². The van der Waals surface area contributed by atoms with Gasteiger partial charge in [0, 0.05) is 17.8 Å². The Morgan fingerprint density at radius 2 is 1.64 bits per heavy atom. The average Bonchev–Trinajstić information content (AvgIpc) is 2.67. The van der Waals surface area contributed by atoms with Crippen molar-refractivity contribution in [1.82, 2.24) is 10.3 Å². The van der Waals surface area contributed by atoms with Crippen molar-refractivity contribution in [2.75, 3.05) is 6.54 Å². The quantitative estimate of drug-likeness (QED) is 0.562. The first-order chi connectivity index (χ1) is 12.3. The fourth-order valence-electron chi connectivity index (χ4n) is 3.02. The number of nitrogens with one attached hydrogen (secondary N) is 1. The summed E-state index contributed by atoms with van der Waals surface area (Å²) >= 11 is 6.05. The molecule has 1 atom stereocenters. The average molecular weight is 351 g/mol. The van der Waals surface area contributed by atoms with Crippen molar-refractivity contribution in [2.24, 2.45) is 0 Å². The highest BCUT2D eigenvalue weighted by Gasteiger charge is 2.12. The summed E-state index contributed by atoms with van der Waals surface area (Å²) in [6, 6.07) is 24.9. The van der Waals surface area contributed by atoms with Crippen molar-refractivity contribution in [2.45, 2.75) is 25.3 Å². The Labute approximate surface area is 154 Å². The molecular weight excluding hydrogens is 328 g/mol. The maximum atomic E-state index is 6.05. The molecule has 3 aromatic rings. The number of hydrogen-bond donors (Lipinski definition) is 1. The van der Waals surface area contributed by atoms with Gasteiger partial charge >= 0.3 is 0 Å². The van der Waals surface area contributed by atoms with Crippen LogP contribution >= 0.6 is 11.6 Å². The molecule has 2 aromatic carbocycles. The van der Waals surface area contributed by atoms with Gasteiger partial charge in [-0.1, -0.05) is 60.1 Å². The zero-order chi connectivity index (χ0) is 17.3. The van der Waals surface area contributed by atoms with Crippen LogP contribution in [0.3, 0.4) is 0 Å². The van der Waals surface area contributed by atoms with Crippen molar-refractivity contribution in [3.8, 4) is 0 Å². The molecule has 1 N–H and O–H groups in total. The summed E-state index contributed by atoms with van der Waals surface area (Å²) in [5.74, 6) is 0.468. The molecule has 0 spiro atoms. The minimum absolute atomic E-state index is 0.468. The zero-order valence-electron chi connectivity index (χ0n) is 14.2. The van der Waals surface area contributed by atoms with Crippen LogP contribution in [-0.2, 0) is 13.0 Å². The Hall–Kier alpha value is -2.16. The van der Waals surface area contributed by atoms with E-state index in [1.165, 1.54) is 11.1 Å². The van der Waals surface area contributed by atoms with Crippen LogP contribution in [-0.4, -0.2) is 11.5 Å². The van der Waals surface area contributed by atoms with Crippen LogP contribution in [0.4, 0.5) is 0 Å². The van der Waals surface area contributed by atoms with Crippen LogP contribution in [0.15, 0.2) is 79.0 Å². The maximum Gasteiger partial charge on any atom is 0.0541 e. The molecule has 1 heterocycles. The molecule has 1 aromatic heterocycles. The monoisotopic (exact) mass is 350 g/mol. The number of hydrogen-bond acceptors (Lipinski definition) is 2. The van der Waals surface area contributed by atoms with Gasteiger partial charge in [-0.25, -0.2) is 0 Å². The lowest BCUT2D eigenvalue weighted by molar-refractivity contribution is 0.560. The first-order valence-electron chi connectivity index (χ1n) is 8.71. The third-order valence-electron chi connectivity index (χ3n) is 4.37. The van der Waals surface area contributed by atoms with Crippen LogP contribution in [0.5, 0.6) is 0 Å². The molecule has 3 rings (SSSR count). The molecular formula is C22H23ClN2. The van der Waals surface area contributed by atoms with Gasteiger partial charge in [-0.15, -0.1) is 0 Å². The van der Waals surface area contributed by atoms with Gasteiger partial charge in [0.15, 0.2) is 0 Å². The van der Waals surface area contributed by atoms with E-state index in [0.29, 0.717) is 5.92 Å². The number of nitrogens with zero attached hydrogens (tertiary/aromatic N) is 1. The summed E-state index contributed by atoms with van der Waals surface area (Å²) in [7, 11) is 0. The third kappa shape index (κ3) is 5.70. The van der Waals surface area contributed by atoms with Crippen LogP contribution in [0.2, 0.25) is 5.02 Å². The van der Waals surface area contributed by atoms with Crippen LogP contribution in [0.25, 0.3) is 0 Å². The van der Waals surface area contributed by atoms with Gasteiger partial charge in [0.1, 0.15) is 0 Å². The molecule has 128 valence electrons. The summed E-state index contributed by atoms with van der Waals surface area (Å²) in [4.78, 5) is 4.35. The Morgan fingerprint density at radius 3 is 2.36 bits per heavy atom. The predicted molar refractivity (Wildman–Crippen MR) is 105 cm³/mol. The van der Waals surface area contributed by atoms with Gasteiger partial charge in [-0.3, -0.25) is 4.98 Å². The van der Waals surface area contributed by atoms with Gasteiger partial charge in [0.05, 0.1) is 5.69 Å². The highest BCUT2D eigenvalue weighted by Crippen LogP contribution is 2.25. The molecule has 0 aliphatic rings. The summed E-state index contributed by atoms with van der Waals surface area (Å²) in [6.07, 6.45) is 3.94. The molecule has 0 aliphatic carbocycles. The normalized spacial score (nSPS) is 12.0. The van der Waals surface area contributed by atoms with E-state index in [1.807, 2.05) is 36.5 Å². The molecule has 3 heteroatoms. The van der Waals surface area contributed by atoms with Gasteiger partial charge in [-0.2, -0.15) is 0 Å². The zero-order valence-corrected chi connectivity index (χ0v) is 15.0. The van der Waals surface area contributed by atoms with Gasteiger partial charge in [-0.05, 0) is 60.7 Å². The smallest absolute Gasteiger partial charge is 0.0541 e. The van der Waals surface area contributed by atoms with Crippen LogP contribution in [0, 0.1) is 0 Å². The van der Waals surface area contributed by atoms with E-state index in [2.05, 4.69) is 52.8 Å². The Morgan fingerprint density at radius 1 is 0.880 bits per heavy atom. The molecule has 0 fully saturated rings. The number of rotatable bonds is 8. The van der Waals surface area contributed by atoms with Crippen molar-refractivity contribution in [1.29, 1.82) is 0 Å². The minimum atomic E-state index is 0.468. The molecule has 0 radical (unpaired) electrons. The lowest BCUT2D eigenvalue weighted by Crippen LogP contribution is -2.18. The van der Waals surface area contributed by atoms with E-state index in [-0.39, 0.29) is 0 Å². The fourth-order valence-corrected chi connectivity index (χ4v) is 3.14. The van der Waals surface area contributed by atoms with E-state index in [0.717, 1.165) is 36.6 Å². The van der Waals surface area contributed by atoms with Crippen molar-refractivity contribution in [3.05, 3.63) is 101 Å². The third-order valence-corrected chi connectivity index (χ3v) is 4.62. The second-order valence-electron chi connectivity index (χ2n) is 6.22.